The Hall–Kier alpha value is -1.89. The lowest BCUT2D eigenvalue weighted by Crippen LogP contribution is -2.35. The molecule has 1 fully saturated rings. The van der Waals surface area contributed by atoms with E-state index in [9.17, 15) is 14.9 Å². The van der Waals surface area contributed by atoms with Gasteiger partial charge in [-0.2, -0.15) is 0 Å². The van der Waals surface area contributed by atoms with Gasteiger partial charge >= 0.3 is 5.82 Å². The van der Waals surface area contributed by atoms with Gasteiger partial charge in [-0.3, -0.25) is 4.79 Å². The van der Waals surface area contributed by atoms with E-state index >= 15 is 0 Å². The molecule has 7 heteroatoms. The number of hydrogen-bond acceptors (Lipinski definition) is 4. The maximum Gasteiger partial charge on any atom is 0.323 e. The van der Waals surface area contributed by atoms with Gasteiger partial charge in [-0.25, -0.2) is 4.57 Å². The van der Waals surface area contributed by atoms with Crippen LogP contribution in [0.4, 0.5) is 5.82 Å². The molecule has 0 aromatic carbocycles. The molecule has 2 rings (SSSR count). The molecular weight excluding hydrogens is 248 g/mol. The Bertz CT molecular complexity index is 525. The van der Waals surface area contributed by atoms with E-state index in [1.54, 1.807) is 4.90 Å². The summed E-state index contributed by atoms with van der Waals surface area (Å²) in [4.78, 5) is 24.3. The SMILES string of the molecule is Cn1c(C(=O)N2CCC(C)(CN)C2)ccc1[N+](=O)[O-]. The first-order valence-corrected chi connectivity index (χ1v) is 6.17. The molecule has 2 heterocycles. The Kier molecular flexibility index (Phi) is 3.32. The molecule has 104 valence electrons. The van der Waals surface area contributed by atoms with Crippen LogP contribution in [0.1, 0.15) is 23.8 Å². The molecule has 1 aromatic rings. The highest BCUT2D eigenvalue weighted by molar-refractivity contribution is 5.93. The fourth-order valence-electron chi connectivity index (χ4n) is 2.42. The van der Waals surface area contributed by atoms with Gasteiger partial charge < -0.3 is 20.7 Å². The minimum absolute atomic E-state index is 0.0489. The van der Waals surface area contributed by atoms with Crippen molar-refractivity contribution >= 4 is 11.7 Å². The van der Waals surface area contributed by atoms with E-state index < -0.39 is 4.92 Å². The number of carbonyl (C=O) groups is 1. The highest BCUT2D eigenvalue weighted by Gasteiger charge is 2.37. The van der Waals surface area contributed by atoms with Crippen molar-refractivity contribution in [2.24, 2.45) is 18.2 Å². The van der Waals surface area contributed by atoms with Crippen molar-refractivity contribution in [1.82, 2.24) is 9.47 Å². The summed E-state index contributed by atoms with van der Waals surface area (Å²) < 4.78 is 1.32. The molecular formula is C12H18N4O3. The third kappa shape index (κ3) is 2.33. The molecule has 0 radical (unpaired) electrons. The normalized spacial score (nSPS) is 22.8. The van der Waals surface area contributed by atoms with Crippen molar-refractivity contribution in [2.75, 3.05) is 19.6 Å². The molecule has 1 aromatic heterocycles. The lowest BCUT2D eigenvalue weighted by Gasteiger charge is -2.22. The van der Waals surface area contributed by atoms with Gasteiger partial charge in [0, 0.05) is 19.2 Å². The van der Waals surface area contributed by atoms with Crippen molar-refractivity contribution in [3.63, 3.8) is 0 Å². The second-order valence-electron chi connectivity index (χ2n) is 5.38. The second kappa shape index (κ2) is 4.65. The summed E-state index contributed by atoms with van der Waals surface area (Å²) in [6.07, 6.45) is 0.863. The zero-order valence-corrected chi connectivity index (χ0v) is 11.1. The fourth-order valence-corrected chi connectivity index (χ4v) is 2.42. The quantitative estimate of drug-likeness (QED) is 0.645. The number of nitrogens with zero attached hydrogens (tertiary/aromatic N) is 3. The standard InChI is InChI=1S/C12H18N4O3/c1-12(7-13)5-6-15(8-12)11(17)9-3-4-10(14(9)2)16(18)19/h3-4H,5-8,13H2,1-2H3. The number of amides is 1. The number of nitro groups is 1. The summed E-state index contributed by atoms with van der Waals surface area (Å²) in [6.45, 7) is 3.82. The van der Waals surface area contributed by atoms with Gasteiger partial charge in [-0.05, 0) is 29.4 Å². The average molecular weight is 266 g/mol. The minimum Gasteiger partial charge on any atom is -0.358 e. The number of carbonyl (C=O) groups excluding carboxylic acids is 1. The van der Waals surface area contributed by atoms with Crippen molar-refractivity contribution in [1.29, 1.82) is 0 Å². The summed E-state index contributed by atoms with van der Waals surface area (Å²) in [5.41, 5.74) is 6.00. The molecule has 1 atom stereocenters. The molecule has 2 N–H and O–H groups in total. The van der Waals surface area contributed by atoms with Gasteiger partial charge in [0.1, 0.15) is 0 Å². The van der Waals surface area contributed by atoms with Crippen LogP contribution < -0.4 is 5.73 Å². The summed E-state index contributed by atoms with van der Waals surface area (Å²) in [7, 11) is 1.53. The van der Waals surface area contributed by atoms with E-state index in [0.717, 1.165) is 6.42 Å². The van der Waals surface area contributed by atoms with Crippen molar-refractivity contribution < 1.29 is 9.72 Å². The van der Waals surface area contributed by atoms with Crippen molar-refractivity contribution in [3.05, 3.63) is 27.9 Å². The van der Waals surface area contributed by atoms with Gasteiger partial charge in [0.25, 0.3) is 5.91 Å². The first-order chi connectivity index (χ1) is 8.88. The third-order valence-corrected chi connectivity index (χ3v) is 3.84. The van der Waals surface area contributed by atoms with Crippen molar-refractivity contribution in [2.45, 2.75) is 13.3 Å². The summed E-state index contributed by atoms with van der Waals surface area (Å²) in [6, 6.07) is 2.85. The largest absolute Gasteiger partial charge is 0.358 e. The highest BCUT2D eigenvalue weighted by atomic mass is 16.6. The van der Waals surface area contributed by atoms with E-state index in [-0.39, 0.29) is 17.1 Å². The molecule has 19 heavy (non-hydrogen) atoms. The van der Waals surface area contributed by atoms with Crippen LogP contribution in [0.15, 0.2) is 12.1 Å². The van der Waals surface area contributed by atoms with Crippen LogP contribution in [-0.2, 0) is 7.05 Å². The van der Waals surface area contributed by atoms with Crippen LogP contribution in [0, 0.1) is 15.5 Å². The summed E-state index contributed by atoms with van der Waals surface area (Å²) >= 11 is 0. The lowest BCUT2D eigenvalue weighted by atomic mass is 9.90. The number of hydrogen-bond donors (Lipinski definition) is 1. The van der Waals surface area contributed by atoms with Crippen LogP contribution in [-0.4, -0.2) is 39.9 Å². The zero-order valence-electron chi connectivity index (χ0n) is 11.1. The molecule has 0 saturated carbocycles. The summed E-state index contributed by atoms with van der Waals surface area (Å²) in [5.74, 6) is -0.253. The Morgan fingerprint density at radius 1 is 1.58 bits per heavy atom. The van der Waals surface area contributed by atoms with Gasteiger partial charge in [-0.15, -0.1) is 0 Å². The monoisotopic (exact) mass is 266 g/mol. The Morgan fingerprint density at radius 3 is 2.74 bits per heavy atom. The van der Waals surface area contributed by atoms with Gasteiger partial charge in [0.15, 0.2) is 5.69 Å². The summed E-state index contributed by atoms with van der Waals surface area (Å²) in [5, 5.41) is 10.8. The van der Waals surface area contributed by atoms with E-state index in [4.69, 9.17) is 5.73 Å². The maximum absolute atomic E-state index is 12.3. The van der Waals surface area contributed by atoms with E-state index in [1.807, 2.05) is 6.92 Å². The highest BCUT2D eigenvalue weighted by Crippen LogP contribution is 2.30. The fraction of sp³-hybridized carbons (Fsp3) is 0.583. The first kappa shape index (κ1) is 13.5. The zero-order chi connectivity index (χ0) is 14.2. The number of rotatable bonds is 3. The smallest absolute Gasteiger partial charge is 0.323 e. The van der Waals surface area contributed by atoms with Crippen LogP contribution >= 0.6 is 0 Å². The lowest BCUT2D eigenvalue weighted by molar-refractivity contribution is -0.391. The molecule has 0 spiro atoms. The molecule has 0 aliphatic carbocycles. The topological polar surface area (TPSA) is 94.4 Å². The average Bonchev–Trinajstić information content (AvgIpc) is 2.93. The van der Waals surface area contributed by atoms with Crippen LogP contribution in [0.3, 0.4) is 0 Å². The number of likely N-dealkylation sites (tertiary alicyclic amines) is 1. The van der Waals surface area contributed by atoms with E-state index in [2.05, 4.69) is 0 Å². The Morgan fingerprint density at radius 2 is 2.26 bits per heavy atom. The van der Waals surface area contributed by atoms with E-state index in [0.29, 0.717) is 25.3 Å². The van der Waals surface area contributed by atoms with Crippen LogP contribution in [0.2, 0.25) is 0 Å². The molecule has 1 aliphatic heterocycles. The molecule has 7 nitrogen and oxygen atoms in total. The molecule has 1 saturated heterocycles. The van der Waals surface area contributed by atoms with Crippen LogP contribution in [0.25, 0.3) is 0 Å². The third-order valence-electron chi connectivity index (χ3n) is 3.84. The van der Waals surface area contributed by atoms with Crippen LogP contribution in [0.5, 0.6) is 0 Å². The van der Waals surface area contributed by atoms with Crippen molar-refractivity contribution in [3.8, 4) is 0 Å². The van der Waals surface area contributed by atoms with Gasteiger partial charge in [-0.1, -0.05) is 6.92 Å². The van der Waals surface area contributed by atoms with Gasteiger partial charge in [0.05, 0.1) is 7.05 Å². The molecule has 1 unspecified atom stereocenters. The predicted octanol–water partition coefficient (Wildman–Crippen LogP) is 0.744. The number of aromatic nitrogens is 1. The minimum atomic E-state index is -0.495. The molecule has 0 bridgehead atoms. The first-order valence-electron chi connectivity index (χ1n) is 6.17. The maximum atomic E-state index is 12.3. The molecule has 1 amide bonds. The number of nitrogens with two attached hydrogens (primary N) is 1. The van der Waals surface area contributed by atoms with Gasteiger partial charge in [0.2, 0.25) is 0 Å². The Labute approximate surface area is 111 Å². The molecule has 1 aliphatic rings. The second-order valence-corrected chi connectivity index (χ2v) is 5.38. The predicted molar refractivity (Wildman–Crippen MR) is 69.7 cm³/mol. The van der Waals surface area contributed by atoms with E-state index in [1.165, 1.54) is 23.7 Å². The Balaban J connectivity index is 2.20.